The zero-order valence-corrected chi connectivity index (χ0v) is 23.3. The number of aromatic nitrogens is 1. The van der Waals surface area contributed by atoms with E-state index in [4.69, 9.17) is 4.74 Å². The van der Waals surface area contributed by atoms with E-state index in [0.717, 1.165) is 37.8 Å². The lowest BCUT2D eigenvalue weighted by Gasteiger charge is -2.33. The molecule has 1 unspecified atom stereocenters. The maximum Gasteiger partial charge on any atom is 0.319 e. The summed E-state index contributed by atoms with van der Waals surface area (Å²) in [7, 11) is 2.09. The number of carbonyl (C=O) groups is 2. The van der Waals surface area contributed by atoms with Crippen LogP contribution in [0.2, 0.25) is 0 Å². The number of hydrogen-bond acceptors (Lipinski definition) is 5. The lowest BCUT2D eigenvalue weighted by atomic mass is 9.96. The quantitative estimate of drug-likeness (QED) is 0.544. The number of pyridine rings is 1. The summed E-state index contributed by atoms with van der Waals surface area (Å²) < 4.78 is 6.63. The molecule has 1 fully saturated rings. The van der Waals surface area contributed by atoms with E-state index in [2.05, 4.69) is 48.3 Å². The largest absolute Gasteiger partial charge is 0.488 e. The molecule has 1 aromatic heterocycles. The molecule has 38 heavy (non-hydrogen) atoms. The number of carbonyl (C=O) groups excluding carboxylic acids is 2. The van der Waals surface area contributed by atoms with Gasteiger partial charge in [0.15, 0.2) is 0 Å². The summed E-state index contributed by atoms with van der Waals surface area (Å²) in [6.07, 6.45) is 9.36. The maximum absolute atomic E-state index is 13.4. The molecule has 0 bridgehead atoms. The summed E-state index contributed by atoms with van der Waals surface area (Å²) in [5, 5.41) is 6.07. The van der Waals surface area contributed by atoms with Crippen molar-refractivity contribution in [2.24, 2.45) is 5.92 Å². The zero-order chi connectivity index (χ0) is 27.1. The van der Waals surface area contributed by atoms with Crippen molar-refractivity contribution in [1.29, 1.82) is 0 Å². The monoisotopic (exact) mass is 521 g/mol. The van der Waals surface area contributed by atoms with Gasteiger partial charge >= 0.3 is 6.03 Å². The van der Waals surface area contributed by atoms with Crippen molar-refractivity contribution in [3.8, 4) is 5.75 Å². The predicted molar refractivity (Wildman–Crippen MR) is 150 cm³/mol. The number of hydrogen-bond donors (Lipinski definition) is 2. The lowest BCUT2D eigenvalue weighted by Crippen LogP contribution is -2.45. The Morgan fingerprint density at radius 1 is 1.16 bits per heavy atom. The first-order chi connectivity index (χ1) is 18.3. The molecule has 8 heteroatoms. The first-order valence-corrected chi connectivity index (χ1v) is 14.0. The van der Waals surface area contributed by atoms with Gasteiger partial charge in [0.05, 0.1) is 6.42 Å². The molecular formula is C30H43N5O3. The van der Waals surface area contributed by atoms with Crippen LogP contribution in [0, 0.1) is 5.92 Å². The SMILES string of the molecule is CC1CN(C(C)C)C(=O)Cc2cc(NC(=O)NC3CCCCC3)ccc2O[C@H]1CN(C)Cc1ccncc1. The number of nitrogens with zero attached hydrogens (tertiary/aromatic N) is 3. The van der Waals surface area contributed by atoms with E-state index in [0.29, 0.717) is 24.5 Å². The van der Waals surface area contributed by atoms with E-state index >= 15 is 0 Å². The van der Waals surface area contributed by atoms with E-state index in [9.17, 15) is 9.59 Å². The van der Waals surface area contributed by atoms with E-state index in [-0.39, 0.29) is 42.5 Å². The molecule has 2 N–H and O–H groups in total. The Hall–Kier alpha value is -3.13. The third kappa shape index (κ3) is 7.69. The van der Waals surface area contributed by atoms with Crippen molar-refractivity contribution in [2.45, 2.75) is 84.0 Å². The van der Waals surface area contributed by atoms with Crippen molar-refractivity contribution in [3.05, 3.63) is 53.9 Å². The van der Waals surface area contributed by atoms with Crippen LogP contribution in [-0.2, 0) is 17.8 Å². The third-order valence-corrected chi connectivity index (χ3v) is 7.64. The van der Waals surface area contributed by atoms with Crippen LogP contribution in [0.1, 0.15) is 64.0 Å². The van der Waals surface area contributed by atoms with Crippen molar-refractivity contribution >= 4 is 17.6 Å². The summed E-state index contributed by atoms with van der Waals surface area (Å²) in [5.41, 5.74) is 2.66. The first kappa shape index (κ1) is 27.9. The van der Waals surface area contributed by atoms with Crippen LogP contribution < -0.4 is 15.4 Å². The molecule has 0 radical (unpaired) electrons. The van der Waals surface area contributed by atoms with Gasteiger partial charge in [-0.1, -0.05) is 26.2 Å². The van der Waals surface area contributed by atoms with Crippen LogP contribution in [0.5, 0.6) is 5.75 Å². The number of likely N-dealkylation sites (N-methyl/N-ethyl adjacent to an activating group) is 1. The summed E-state index contributed by atoms with van der Waals surface area (Å²) >= 11 is 0. The highest BCUT2D eigenvalue weighted by atomic mass is 16.5. The molecule has 1 aliphatic carbocycles. The molecule has 2 heterocycles. The van der Waals surface area contributed by atoms with E-state index < -0.39 is 0 Å². The number of anilines is 1. The van der Waals surface area contributed by atoms with Crippen molar-refractivity contribution < 1.29 is 14.3 Å². The van der Waals surface area contributed by atoms with Gasteiger partial charge in [-0.05, 0) is 69.6 Å². The van der Waals surface area contributed by atoms with E-state index in [1.807, 2.05) is 47.6 Å². The van der Waals surface area contributed by atoms with Crippen molar-refractivity contribution in [3.63, 3.8) is 0 Å². The highest BCUT2D eigenvalue weighted by Gasteiger charge is 2.30. The molecule has 8 nitrogen and oxygen atoms in total. The maximum atomic E-state index is 13.4. The number of fused-ring (bicyclic) bond motifs is 1. The number of nitrogens with one attached hydrogen (secondary N) is 2. The predicted octanol–water partition coefficient (Wildman–Crippen LogP) is 4.84. The van der Waals surface area contributed by atoms with Crippen LogP contribution >= 0.6 is 0 Å². The summed E-state index contributed by atoms with van der Waals surface area (Å²) in [6, 6.07) is 9.82. The molecule has 3 amide bonds. The van der Waals surface area contributed by atoms with E-state index in [1.165, 1.54) is 12.0 Å². The van der Waals surface area contributed by atoms with Crippen molar-refractivity contribution in [2.75, 3.05) is 25.5 Å². The number of urea groups is 1. The normalized spacial score (nSPS) is 20.8. The average molecular weight is 522 g/mol. The Balaban J connectivity index is 1.52. The summed E-state index contributed by atoms with van der Waals surface area (Å²) in [4.78, 5) is 34.4. The fourth-order valence-corrected chi connectivity index (χ4v) is 5.47. The van der Waals surface area contributed by atoms with Gasteiger partial charge in [0.25, 0.3) is 0 Å². The smallest absolute Gasteiger partial charge is 0.319 e. The molecule has 4 rings (SSSR count). The first-order valence-electron chi connectivity index (χ1n) is 14.0. The fourth-order valence-electron chi connectivity index (χ4n) is 5.47. The highest BCUT2D eigenvalue weighted by molar-refractivity contribution is 5.90. The molecule has 1 saturated carbocycles. The second-order valence-corrected chi connectivity index (χ2v) is 11.3. The van der Waals surface area contributed by atoms with Gasteiger partial charge in [-0.15, -0.1) is 0 Å². The van der Waals surface area contributed by atoms with Gasteiger partial charge in [0.1, 0.15) is 11.9 Å². The number of amides is 3. The molecule has 1 aromatic carbocycles. The van der Waals surface area contributed by atoms with Crippen molar-refractivity contribution in [1.82, 2.24) is 20.1 Å². The Bertz CT molecular complexity index is 1070. The Kier molecular flexibility index (Phi) is 9.61. The van der Waals surface area contributed by atoms with Gasteiger partial charge in [-0.2, -0.15) is 0 Å². The Labute approximate surface area is 227 Å². The Morgan fingerprint density at radius 3 is 2.61 bits per heavy atom. The average Bonchev–Trinajstić information content (AvgIpc) is 2.93. The van der Waals surface area contributed by atoms with Crippen LogP contribution in [0.15, 0.2) is 42.7 Å². The molecule has 0 spiro atoms. The molecule has 2 aromatic rings. The molecule has 2 aliphatic rings. The lowest BCUT2D eigenvalue weighted by molar-refractivity contribution is -0.133. The number of ether oxygens (including phenoxy) is 1. The van der Waals surface area contributed by atoms with Gasteiger partial charge in [0.2, 0.25) is 5.91 Å². The van der Waals surface area contributed by atoms with Gasteiger partial charge in [-0.3, -0.25) is 14.7 Å². The minimum atomic E-state index is -0.194. The Morgan fingerprint density at radius 2 is 1.89 bits per heavy atom. The topological polar surface area (TPSA) is 86.8 Å². The molecule has 0 saturated heterocycles. The van der Waals surface area contributed by atoms with Crippen LogP contribution in [0.25, 0.3) is 0 Å². The molecule has 2 atom stereocenters. The molecular weight excluding hydrogens is 478 g/mol. The van der Waals surface area contributed by atoms with Gasteiger partial charge in [0, 0.05) is 61.3 Å². The number of benzene rings is 1. The van der Waals surface area contributed by atoms with Crippen LogP contribution in [0.3, 0.4) is 0 Å². The highest BCUT2D eigenvalue weighted by Crippen LogP contribution is 2.29. The minimum Gasteiger partial charge on any atom is -0.488 e. The summed E-state index contributed by atoms with van der Waals surface area (Å²) in [5.74, 6) is 0.911. The zero-order valence-electron chi connectivity index (χ0n) is 23.3. The standard InChI is InChI=1S/C30H43N5O3/c1-21(2)35-18-22(3)28(20-34(4)19-23-12-14-31-15-13-23)38-27-11-10-26(16-24(27)17-29(35)36)33-30(37)32-25-8-6-5-7-9-25/h10-16,21-22,25,28H,5-9,17-20H2,1-4H3,(H2,32,33,37)/t22?,28-/m0/s1. The van der Waals surface area contributed by atoms with Gasteiger partial charge in [-0.25, -0.2) is 4.79 Å². The second-order valence-electron chi connectivity index (χ2n) is 11.3. The fraction of sp³-hybridized carbons (Fsp3) is 0.567. The molecule has 206 valence electrons. The number of rotatable bonds is 7. The third-order valence-electron chi connectivity index (χ3n) is 7.64. The van der Waals surface area contributed by atoms with Gasteiger partial charge < -0.3 is 20.3 Å². The van der Waals surface area contributed by atoms with Crippen LogP contribution in [-0.4, -0.2) is 65.0 Å². The van der Waals surface area contributed by atoms with Crippen LogP contribution in [0.4, 0.5) is 10.5 Å². The summed E-state index contributed by atoms with van der Waals surface area (Å²) in [6.45, 7) is 8.41. The second kappa shape index (κ2) is 13.1. The minimum absolute atomic E-state index is 0.0753. The molecule has 1 aliphatic heterocycles. The van der Waals surface area contributed by atoms with E-state index in [1.54, 1.807) is 0 Å².